The standard InChI is InChI=1S/C26H28N6O2/c33-26(31-20-15-30-32(16-20)21-5-8-27-9-6-21)19-13-23-22(7-10-28-25(23)29-14-19)17-3-4-24-18(12-17)2-1-11-34-24/h3-4,7,12-16,21,27H,1-2,5-6,8-11H2,(H,28,29)(H,31,33). The molecular weight excluding hydrogens is 428 g/mol. The first-order valence-electron chi connectivity index (χ1n) is 12.0. The number of rotatable bonds is 4. The fourth-order valence-electron chi connectivity index (χ4n) is 4.97. The van der Waals surface area contributed by atoms with Crippen LogP contribution in [0.1, 0.15) is 52.4 Å². The number of piperidine rings is 1. The third-order valence-electron chi connectivity index (χ3n) is 6.78. The summed E-state index contributed by atoms with van der Waals surface area (Å²) in [5.41, 5.74) is 5.59. The molecule has 6 rings (SSSR count). The highest BCUT2D eigenvalue weighted by Gasteiger charge is 2.21. The molecule has 3 N–H and O–H groups in total. The van der Waals surface area contributed by atoms with Crippen molar-refractivity contribution < 1.29 is 9.53 Å². The lowest BCUT2D eigenvalue weighted by atomic mass is 9.92. The average Bonchev–Trinajstić information content (AvgIpc) is 3.36. The molecule has 8 nitrogen and oxygen atoms in total. The molecule has 34 heavy (non-hydrogen) atoms. The third kappa shape index (κ3) is 4.05. The maximum atomic E-state index is 13.1. The number of aryl methyl sites for hydroxylation is 1. The molecule has 1 fully saturated rings. The summed E-state index contributed by atoms with van der Waals surface area (Å²) >= 11 is 0. The molecule has 1 saturated heterocycles. The van der Waals surface area contributed by atoms with Crippen LogP contribution in [0.2, 0.25) is 0 Å². The minimum absolute atomic E-state index is 0.191. The highest BCUT2D eigenvalue weighted by atomic mass is 16.5. The molecule has 3 aromatic rings. The molecule has 1 aromatic carbocycles. The molecule has 0 radical (unpaired) electrons. The van der Waals surface area contributed by atoms with E-state index < -0.39 is 0 Å². The van der Waals surface area contributed by atoms with Crippen molar-refractivity contribution in [2.24, 2.45) is 0 Å². The molecule has 0 saturated carbocycles. The lowest BCUT2D eigenvalue weighted by Gasteiger charge is -2.22. The van der Waals surface area contributed by atoms with Crippen molar-refractivity contribution in [1.82, 2.24) is 20.1 Å². The topological polar surface area (TPSA) is 93.1 Å². The Morgan fingerprint density at radius 2 is 2.09 bits per heavy atom. The third-order valence-corrected chi connectivity index (χ3v) is 6.78. The Kier molecular flexibility index (Phi) is 5.50. The van der Waals surface area contributed by atoms with Gasteiger partial charge in [-0.15, -0.1) is 0 Å². The maximum absolute atomic E-state index is 13.1. The maximum Gasteiger partial charge on any atom is 0.257 e. The molecule has 8 heteroatoms. The van der Waals surface area contributed by atoms with Crippen LogP contribution in [-0.4, -0.2) is 46.9 Å². The largest absolute Gasteiger partial charge is 0.493 e. The van der Waals surface area contributed by atoms with Crippen molar-refractivity contribution in [2.75, 3.05) is 36.9 Å². The summed E-state index contributed by atoms with van der Waals surface area (Å²) < 4.78 is 7.74. The van der Waals surface area contributed by atoms with Crippen LogP contribution in [-0.2, 0) is 6.42 Å². The van der Waals surface area contributed by atoms with Crippen LogP contribution >= 0.6 is 0 Å². The van der Waals surface area contributed by atoms with Gasteiger partial charge in [0.2, 0.25) is 0 Å². The minimum atomic E-state index is -0.191. The van der Waals surface area contributed by atoms with Gasteiger partial charge in [0, 0.05) is 24.5 Å². The molecule has 0 atom stereocenters. The zero-order valence-corrected chi connectivity index (χ0v) is 19.0. The Morgan fingerprint density at radius 1 is 1.18 bits per heavy atom. The van der Waals surface area contributed by atoms with Crippen molar-refractivity contribution in [3.05, 3.63) is 71.2 Å². The van der Waals surface area contributed by atoms with Gasteiger partial charge >= 0.3 is 0 Å². The second kappa shape index (κ2) is 8.95. The van der Waals surface area contributed by atoms with Crippen molar-refractivity contribution >= 4 is 23.0 Å². The molecule has 0 unspecified atom stereocenters. The molecule has 174 valence electrons. The number of carbonyl (C=O) groups excluding carboxylic acids is 1. The van der Waals surface area contributed by atoms with Crippen LogP contribution in [0.3, 0.4) is 0 Å². The quantitative estimate of drug-likeness (QED) is 0.555. The fourth-order valence-corrected chi connectivity index (χ4v) is 4.97. The van der Waals surface area contributed by atoms with E-state index >= 15 is 0 Å². The number of amides is 1. The molecule has 0 spiro atoms. The van der Waals surface area contributed by atoms with Crippen molar-refractivity contribution in [3.63, 3.8) is 0 Å². The van der Waals surface area contributed by atoms with E-state index in [0.717, 1.165) is 73.6 Å². The Balaban J connectivity index is 1.24. The summed E-state index contributed by atoms with van der Waals surface area (Å²) in [5.74, 6) is 1.58. The van der Waals surface area contributed by atoms with Gasteiger partial charge in [0.25, 0.3) is 5.91 Å². The van der Waals surface area contributed by atoms with Crippen LogP contribution in [0, 0.1) is 0 Å². The first-order chi connectivity index (χ1) is 16.7. The minimum Gasteiger partial charge on any atom is -0.493 e. The van der Waals surface area contributed by atoms with Gasteiger partial charge in [-0.25, -0.2) is 4.98 Å². The summed E-state index contributed by atoms with van der Waals surface area (Å²) in [6, 6.07) is 8.64. The van der Waals surface area contributed by atoms with E-state index in [1.165, 1.54) is 5.56 Å². The van der Waals surface area contributed by atoms with Crippen LogP contribution in [0.4, 0.5) is 11.5 Å². The van der Waals surface area contributed by atoms with E-state index in [4.69, 9.17) is 4.74 Å². The van der Waals surface area contributed by atoms with Gasteiger partial charge in [-0.2, -0.15) is 5.10 Å². The molecule has 5 heterocycles. The number of ether oxygens (including phenoxy) is 1. The van der Waals surface area contributed by atoms with Gasteiger partial charge in [-0.3, -0.25) is 9.48 Å². The molecule has 1 amide bonds. The second-order valence-electron chi connectivity index (χ2n) is 9.04. The summed E-state index contributed by atoms with van der Waals surface area (Å²) in [6.45, 7) is 3.47. The van der Waals surface area contributed by atoms with Gasteiger partial charge in [0.1, 0.15) is 11.6 Å². The van der Waals surface area contributed by atoms with Gasteiger partial charge < -0.3 is 20.7 Å². The van der Waals surface area contributed by atoms with Crippen molar-refractivity contribution in [2.45, 2.75) is 31.7 Å². The Morgan fingerprint density at radius 3 is 3.00 bits per heavy atom. The van der Waals surface area contributed by atoms with Gasteiger partial charge in [0.05, 0.1) is 30.1 Å². The number of aromatic nitrogens is 3. The molecule has 3 aliphatic heterocycles. The summed E-state index contributed by atoms with van der Waals surface area (Å²) in [6.07, 6.45) is 11.6. The van der Waals surface area contributed by atoms with Gasteiger partial charge in [0.15, 0.2) is 0 Å². The van der Waals surface area contributed by atoms with Crippen LogP contribution in [0.25, 0.3) is 5.57 Å². The first kappa shape index (κ1) is 20.9. The van der Waals surface area contributed by atoms with E-state index in [2.05, 4.69) is 50.3 Å². The number of nitrogens with one attached hydrogen (secondary N) is 3. The summed E-state index contributed by atoms with van der Waals surface area (Å²) in [4.78, 5) is 17.6. The monoisotopic (exact) mass is 456 g/mol. The number of hydrogen-bond donors (Lipinski definition) is 3. The van der Waals surface area contributed by atoms with E-state index in [1.807, 2.05) is 16.9 Å². The number of nitrogens with zero attached hydrogens (tertiary/aromatic N) is 3. The highest BCUT2D eigenvalue weighted by Crippen LogP contribution is 2.35. The Hall–Kier alpha value is -3.65. The lowest BCUT2D eigenvalue weighted by Crippen LogP contribution is -2.29. The Bertz CT molecular complexity index is 1260. The van der Waals surface area contributed by atoms with E-state index in [-0.39, 0.29) is 5.91 Å². The molecule has 2 aromatic heterocycles. The number of pyridine rings is 1. The van der Waals surface area contributed by atoms with Crippen LogP contribution in [0.15, 0.2) is 48.9 Å². The van der Waals surface area contributed by atoms with Crippen molar-refractivity contribution in [1.29, 1.82) is 0 Å². The second-order valence-corrected chi connectivity index (χ2v) is 9.04. The molecule has 0 bridgehead atoms. The van der Waals surface area contributed by atoms with E-state index in [0.29, 0.717) is 23.8 Å². The lowest BCUT2D eigenvalue weighted by molar-refractivity contribution is 0.102. The molecular formula is C26H28N6O2. The first-order valence-corrected chi connectivity index (χ1v) is 12.0. The number of carbonyl (C=O) groups is 1. The zero-order chi connectivity index (χ0) is 22.9. The normalized spacial score (nSPS) is 17.6. The SMILES string of the molecule is O=C(Nc1cnn(C2CCNCC2)c1)c1cnc2c(c1)C(c1ccc3c(c1)CCCO3)=CCN2. The van der Waals surface area contributed by atoms with E-state index in [1.54, 1.807) is 12.4 Å². The summed E-state index contributed by atoms with van der Waals surface area (Å²) in [7, 11) is 0. The van der Waals surface area contributed by atoms with Gasteiger partial charge in [-0.1, -0.05) is 12.1 Å². The number of anilines is 2. The predicted octanol–water partition coefficient (Wildman–Crippen LogP) is 3.64. The molecule has 0 aliphatic carbocycles. The van der Waals surface area contributed by atoms with Crippen molar-refractivity contribution in [3.8, 4) is 5.75 Å². The number of hydrogen-bond acceptors (Lipinski definition) is 6. The smallest absolute Gasteiger partial charge is 0.257 e. The molecule has 3 aliphatic rings. The average molecular weight is 457 g/mol. The van der Waals surface area contributed by atoms with Crippen LogP contribution in [0.5, 0.6) is 5.75 Å². The fraction of sp³-hybridized carbons (Fsp3) is 0.346. The highest BCUT2D eigenvalue weighted by molar-refractivity contribution is 6.05. The zero-order valence-electron chi connectivity index (χ0n) is 19.0. The van der Waals surface area contributed by atoms with Gasteiger partial charge in [-0.05, 0) is 73.7 Å². The van der Waals surface area contributed by atoms with E-state index in [9.17, 15) is 4.79 Å². The predicted molar refractivity (Wildman–Crippen MR) is 131 cm³/mol. The van der Waals surface area contributed by atoms with Crippen LogP contribution < -0.4 is 20.7 Å². The Labute approximate surface area is 198 Å². The number of benzene rings is 1. The number of fused-ring (bicyclic) bond motifs is 2. The summed E-state index contributed by atoms with van der Waals surface area (Å²) in [5, 5.41) is 14.1.